The van der Waals surface area contributed by atoms with Crippen LogP contribution in [0.5, 0.6) is 0 Å². The molecule has 1 rings (SSSR count). The van der Waals surface area contributed by atoms with Gasteiger partial charge in [-0.2, -0.15) is 0 Å². The second-order valence-corrected chi connectivity index (χ2v) is 4.92. The van der Waals surface area contributed by atoms with Crippen LogP contribution in [0.3, 0.4) is 0 Å². The van der Waals surface area contributed by atoms with Crippen molar-refractivity contribution in [3.8, 4) is 0 Å². The fourth-order valence-electron chi connectivity index (χ4n) is 3.09. The lowest BCUT2D eigenvalue weighted by molar-refractivity contribution is 0.107. The molecule has 0 aliphatic heterocycles. The quantitative estimate of drug-likeness (QED) is 0.575. The fourth-order valence-corrected chi connectivity index (χ4v) is 3.09. The summed E-state index contributed by atoms with van der Waals surface area (Å²) in [5.41, 5.74) is 3.45. The Kier molecular flexibility index (Phi) is 4.01. The Bertz CT molecular complexity index is 222. The average Bonchev–Trinajstić information content (AvgIpc) is 2.21. The maximum absolute atomic E-state index is 3.75. The van der Waals surface area contributed by atoms with E-state index in [9.17, 15) is 0 Å². The first kappa shape index (κ1) is 11.6. The topological polar surface area (TPSA) is 0 Å². The van der Waals surface area contributed by atoms with Crippen LogP contribution < -0.4 is 0 Å². The molecule has 3 atom stereocenters. The minimum atomic E-state index is 0.420. The highest BCUT2D eigenvalue weighted by molar-refractivity contribution is 5.03. The third kappa shape index (κ3) is 2.12. The molecule has 0 amide bonds. The molecule has 0 heterocycles. The van der Waals surface area contributed by atoms with Crippen molar-refractivity contribution in [3.05, 3.63) is 18.4 Å². The van der Waals surface area contributed by atoms with Crippen LogP contribution in [0.25, 0.3) is 0 Å². The van der Waals surface area contributed by atoms with Crippen LogP contribution in [0.15, 0.2) is 18.4 Å². The molecule has 0 radical (unpaired) electrons. The molecule has 1 fully saturated rings. The maximum atomic E-state index is 3.75. The minimum absolute atomic E-state index is 0.420. The Labute approximate surface area is 89.1 Å². The number of allylic oxidation sites excluding steroid dienone is 1. The van der Waals surface area contributed by atoms with E-state index in [-0.39, 0.29) is 0 Å². The molecule has 0 aromatic heterocycles. The van der Waals surface area contributed by atoms with Gasteiger partial charge >= 0.3 is 0 Å². The molecule has 0 nitrogen and oxygen atoms in total. The van der Waals surface area contributed by atoms with E-state index in [1.807, 2.05) is 0 Å². The van der Waals surface area contributed by atoms with E-state index < -0.39 is 0 Å². The van der Waals surface area contributed by atoms with Crippen molar-refractivity contribution in [1.82, 2.24) is 0 Å². The summed E-state index contributed by atoms with van der Waals surface area (Å²) in [6.45, 7) is 10.8. The van der Waals surface area contributed by atoms with Crippen molar-refractivity contribution in [3.63, 3.8) is 0 Å². The molecule has 0 saturated heterocycles. The average molecular weight is 192 g/mol. The molecular weight excluding hydrogens is 168 g/mol. The molecule has 0 heteroatoms. The lowest BCUT2D eigenvalue weighted by Gasteiger charge is -2.43. The summed E-state index contributed by atoms with van der Waals surface area (Å²) in [6, 6.07) is 0. The van der Waals surface area contributed by atoms with Gasteiger partial charge in [0.05, 0.1) is 0 Å². The van der Waals surface area contributed by atoms with Gasteiger partial charge < -0.3 is 0 Å². The lowest BCUT2D eigenvalue weighted by atomic mass is 9.61. The van der Waals surface area contributed by atoms with Gasteiger partial charge in [-0.1, -0.05) is 33.8 Å². The largest absolute Gasteiger partial charge is 0.132 e. The van der Waals surface area contributed by atoms with Gasteiger partial charge in [-0.05, 0) is 49.0 Å². The maximum Gasteiger partial charge on any atom is -0.00170 e. The van der Waals surface area contributed by atoms with Gasteiger partial charge in [0.1, 0.15) is 0 Å². The monoisotopic (exact) mass is 192 g/mol. The predicted molar refractivity (Wildman–Crippen MR) is 63.2 cm³/mol. The van der Waals surface area contributed by atoms with Crippen LogP contribution >= 0.6 is 0 Å². The predicted octanol–water partition coefficient (Wildman–Crippen LogP) is 4.57. The standard InChI is InChI=1S/C14H24/c1-5-9-14(7-3)10-8-12(4)11-13(14)6-2/h9,12-13H,1,6-8,10-11H2,2-4H3. The summed E-state index contributed by atoms with van der Waals surface area (Å²) in [5.74, 6) is 1.77. The second kappa shape index (κ2) is 4.84. The molecule has 0 spiro atoms. The Balaban J connectivity index is 2.86. The van der Waals surface area contributed by atoms with E-state index >= 15 is 0 Å². The van der Waals surface area contributed by atoms with Crippen molar-refractivity contribution in [2.24, 2.45) is 17.3 Å². The molecule has 1 aliphatic carbocycles. The molecule has 1 saturated carbocycles. The highest BCUT2D eigenvalue weighted by Crippen LogP contribution is 2.48. The van der Waals surface area contributed by atoms with Crippen molar-refractivity contribution < 1.29 is 0 Å². The number of hydrogen-bond donors (Lipinski definition) is 0. The zero-order chi connectivity index (χ0) is 10.6. The third-order valence-electron chi connectivity index (χ3n) is 4.14. The molecule has 0 aromatic carbocycles. The lowest BCUT2D eigenvalue weighted by Crippen LogP contribution is -2.33. The zero-order valence-corrected chi connectivity index (χ0v) is 9.97. The van der Waals surface area contributed by atoms with Gasteiger partial charge in [-0.15, -0.1) is 5.73 Å². The SMILES string of the molecule is C=C=CC1(CC)CCC(C)CC1CC. The minimum Gasteiger partial charge on any atom is -0.132 e. The first-order valence-electron chi connectivity index (χ1n) is 6.05. The van der Waals surface area contributed by atoms with Gasteiger partial charge in [-0.25, -0.2) is 0 Å². The van der Waals surface area contributed by atoms with Gasteiger partial charge in [-0.3, -0.25) is 0 Å². The van der Waals surface area contributed by atoms with Gasteiger partial charge in [0.2, 0.25) is 0 Å². The zero-order valence-electron chi connectivity index (χ0n) is 9.97. The summed E-state index contributed by atoms with van der Waals surface area (Å²) >= 11 is 0. The fraction of sp³-hybridized carbons (Fsp3) is 0.786. The summed E-state index contributed by atoms with van der Waals surface area (Å²) in [6.07, 6.45) is 8.92. The molecule has 0 aromatic rings. The summed E-state index contributed by atoms with van der Waals surface area (Å²) in [7, 11) is 0. The molecule has 80 valence electrons. The summed E-state index contributed by atoms with van der Waals surface area (Å²) in [4.78, 5) is 0. The Morgan fingerprint density at radius 1 is 1.50 bits per heavy atom. The second-order valence-electron chi connectivity index (χ2n) is 4.92. The highest BCUT2D eigenvalue weighted by Gasteiger charge is 2.38. The van der Waals surface area contributed by atoms with Crippen LogP contribution in [-0.4, -0.2) is 0 Å². The van der Waals surface area contributed by atoms with Gasteiger partial charge in [0.25, 0.3) is 0 Å². The van der Waals surface area contributed by atoms with E-state index in [2.05, 4.69) is 39.2 Å². The molecule has 14 heavy (non-hydrogen) atoms. The van der Waals surface area contributed by atoms with Crippen molar-refractivity contribution in [1.29, 1.82) is 0 Å². The third-order valence-corrected chi connectivity index (χ3v) is 4.14. The Hall–Kier alpha value is -0.480. The smallest absolute Gasteiger partial charge is 0.00170 e. The van der Waals surface area contributed by atoms with Crippen molar-refractivity contribution in [2.45, 2.75) is 52.9 Å². The van der Waals surface area contributed by atoms with Gasteiger partial charge in [0, 0.05) is 0 Å². The molecule has 0 N–H and O–H groups in total. The first-order valence-corrected chi connectivity index (χ1v) is 6.05. The Morgan fingerprint density at radius 2 is 2.21 bits per heavy atom. The normalized spacial score (nSPS) is 37.6. The molecule has 1 aliphatic rings. The van der Waals surface area contributed by atoms with E-state index in [1.165, 1.54) is 32.1 Å². The van der Waals surface area contributed by atoms with Crippen LogP contribution in [0.2, 0.25) is 0 Å². The van der Waals surface area contributed by atoms with Crippen LogP contribution in [0.1, 0.15) is 52.9 Å². The van der Waals surface area contributed by atoms with Crippen LogP contribution in [0, 0.1) is 17.3 Å². The van der Waals surface area contributed by atoms with Gasteiger partial charge in [0.15, 0.2) is 0 Å². The van der Waals surface area contributed by atoms with E-state index in [0.29, 0.717) is 5.41 Å². The molecule has 0 bridgehead atoms. The van der Waals surface area contributed by atoms with Crippen molar-refractivity contribution in [2.75, 3.05) is 0 Å². The van der Waals surface area contributed by atoms with Crippen LogP contribution in [0.4, 0.5) is 0 Å². The highest BCUT2D eigenvalue weighted by atomic mass is 14.4. The van der Waals surface area contributed by atoms with Crippen molar-refractivity contribution >= 4 is 0 Å². The van der Waals surface area contributed by atoms with Crippen LogP contribution in [-0.2, 0) is 0 Å². The van der Waals surface area contributed by atoms with E-state index in [0.717, 1.165) is 11.8 Å². The Morgan fingerprint density at radius 3 is 2.71 bits per heavy atom. The summed E-state index contributed by atoms with van der Waals surface area (Å²) in [5, 5.41) is 0. The number of hydrogen-bond acceptors (Lipinski definition) is 0. The van der Waals surface area contributed by atoms with E-state index in [1.54, 1.807) is 0 Å². The molecule has 3 unspecified atom stereocenters. The first-order chi connectivity index (χ1) is 6.68. The molecular formula is C14H24. The number of rotatable bonds is 3. The van der Waals surface area contributed by atoms with E-state index in [4.69, 9.17) is 0 Å². The summed E-state index contributed by atoms with van der Waals surface area (Å²) < 4.78 is 0.